The van der Waals surface area contributed by atoms with E-state index in [2.05, 4.69) is 12.2 Å². The third-order valence-corrected chi connectivity index (χ3v) is 1.79. The summed E-state index contributed by atoms with van der Waals surface area (Å²) in [6, 6.07) is -0.292. The Balaban J connectivity index is 2.49. The van der Waals surface area contributed by atoms with Crippen LogP contribution in [0, 0.1) is 0 Å². The molecule has 2 nitrogen and oxygen atoms in total. The number of hydrogen-bond acceptors (Lipinski definition) is 2. The van der Waals surface area contributed by atoms with Crippen LogP contribution in [0.5, 0.6) is 0 Å². The predicted octanol–water partition coefficient (Wildman–Crippen LogP) is 0.621. The van der Waals surface area contributed by atoms with Crippen molar-refractivity contribution in [3.05, 3.63) is 0 Å². The van der Waals surface area contributed by atoms with Gasteiger partial charge in [0.05, 0.1) is 11.0 Å². The lowest BCUT2D eigenvalue weighted by atomic mass is 10.2. The third-order valence-electron chi connectivity index (χ3n) is 1.52. The molecule has 1 fully saturated rings. The summed E-state index contributed by atoms with van der Waals surface area (Å²) in [5.41, 5.74) is 5.24. The van der Waals surface area contributed by atoms with Crippen LogP contribution in [-0.2, 0) is 0 Å². The fraction of sp³-hybridized carbons (Fsp3) is 0.800. The van der Waals surface area contributed by atoms with Crippen molar-refractivity contribution < 1.29 is 4.48 Å². The monoisotopic (exact) mass is 148 g/mol. The lowest BCUT2D eigenvalue weighted by Crippen LogP contribution is -2.33. The van der Waals surface area contributed by atoms with Crippen molar-refractivity contribution in [1.29, 1.82) is 0 Å². The van der Waals surface area contributed by atoms with Crippen molar-refractivity contribution in [2.75, 3.05) is 6.54 Å². The molecule has 1 aliphatic rings. The van der Waals surface area contributed by atoms with Crippen molar-refractivity contribution >= 4 is 17.2 Å². The summed E-state index contributed by atoms with van der Waals surface area (Å²) in [6.45, 7) is 0.474. The number of thiocarbonyl (C=S) groups is 1. The van der Waals surface area contributed by atoms with E-state index >= 15 is 0 Å². The van der Waals surface area contributed by atoms with Crippen molar-refractivity contribution in [3.8, 4) is 0 Å². The largest absolute Gasteiger partial charge is 0.392 e. The first kappa shape index (κ1) is 6.89. The minimum atomic E-state index is -0.292. The van der Waals surface area contributed by atoms with Gasteiger partial charge in [-0.25, -0.2) is 0 Å². The van der Waals surface area contributed by atoms with Gasteiger partial charge in [-0.2, -0.15) is 0 Å². The molecule has 1 atom stereocenters. The second kappa shape index (κ2) is 2.58. The zero-order valence-corrected chi connectivity index (χ0v) is 5.83. The van der Waals surface area contributed by atoms with Gasteiger partial charge in [0.15, 0.2) is 0 Å². The molecule has 1 saturated heterocycles. The molecule has 4 heteroatoms. The first-order valence-electron chi connectivity index (χ1n) is 2.93. The average molecular weight is 148 g/mol. The Hall–Kier alpha value is -0.220. The number of hydrogen-bond donors (Lipinski definition) is 1. The molecular weight excluding hydrogens is 139 g/mol. The summed E-state index contributed by atoms with van der Waals surface area (Å²) >= 11 is 4.63. The Morgan fingerprint density at radius 3 is 2.67 bits per heavy atom. The Bertz CT molecular complexity index is 128. The van der Waals surface area contributed by atoms with Crippen LogP contribution in [0.1, 0.15) is 12.8 Å². The number of nitrogens with zero attached hydrogens (tertiary/aromatic N) is 1. The molecule has 0 spiro atoms. The molecule has 0 aromatic rings. The van der Waals surface area contributed by atoms with Gasteiger partial charge in [-0.1, -0.05) is 12.2 Å². The molecule has 9 heavy (non-hydrogen) atoms. The van der Waals surface area contributed by atoms with Gasteiger partial charge in [-0.3, -0.25) is 0 Å². The Labute approximate surface area is 58.8 Å². The van der Waals surface area contributed by atoms with Gasteiger partial charge < -0.3 is 5.73 Å². The van der Waals surface area contributed by atoms with Crippen LogP contribution in [-0.4, -0.2) is 22.7 Å². The fourth-order valence-electron chi connectivity index (χ4n) is 1.01. The molecule has 0 aromatic carbocycles. The van der Waals surface area contributed by atoms with E-state index in [0.29, 0.717) is 11.7 Å². The summed E-state index contributed by atoms with van der Waals surface area (Å²) < 4.78 is 12.5. The van der Waals surface area contributed by atoms with Crippen molar-refractivity contribution in [2.24, 2.45) is 5.73 Å². The Morgan fingerprint density at radius 1 is 1.78 bits per heavy atom. The molecule has 0 saturated carbocycles. The van der Waals surface area contributed by atoms with E-state index in [0.717, 1.165) is 12.8 Å². The normalized spacial score (nSPS) is 28.8. The molecule has 1 heterocycles. The quantitative estimate of drug-likeness (QED) is 0.436. The van der Waals surface area contributed by atoms with Crippen molar-refractivity contribution in [2.45, 2.75) is 18.9 Å². The van der Waals surface area contributed by atoms with Crippen LogP contribution in [0.15, 0.2) is 0 Å². The van der Waals surface area contributed by atoms with E-state index in [1.54, 1.807) is 0 Å². The van der Waals surface area contributed by atoms with Crippen LogP contribution >= 0.6 is 12.2 Å². The molecule has 0 aliphatic carbocycles. The van der Waals surface area contributed by atoms with Gasteiger partial charge in [0.25, 0.3) is 0 Å². The van der Waals surface area contributed by atoms with Gasteiger partial charge >= 0.3 is 0 Å². The second-order valence-corrected chi connectivity index (χ2v) is 2.66. The minimum absolute atomic E-state index is 0.273. The molecular formula is C5H9FN2S. The van der Waals surface area contributed by atoms with Crippen LogP contribution in [0.25, 0.3) is 0 Å². The Morgan fingerprint density at radius 2 is 2.44 bits per heavy atom. The highest BCUT2D eigenvalue weighted by molar-refractivity contribution is 7.80. The van der Waals surface area contributed by atoms with Gasteiger partial charge in [-0.15, -0.1) is 9.60 Å². The second-order valence-electron chi connectivity index (χ2n) is 2.18. The average Bonchev–Trinajstić information content (AvgIpc) is 2.13. The van der Waals surface area contributed by atoms with E-state index < -0.39 is 0 Å². The third kappa shape index (κ3) is 1.37. The number of halogens is 1. The molecule has 1 unspecified atom stereocenters. The molecule has 52 valence electrons. The number of rotatable bonds is 1. The maximum absolute atomic E-state index is 12.5. The fourth-order valence-corrected chi connectivity index (χ4v) is 1.24. The molecule has 1 rings (SSSR count). The molecule has 0 radical (unpaired) electrons. The lowest BCUT2D eigenvalue weighted by molar-refractivity contribution is 0.0366. The highest BCUT2D eigenvalue weighted by atomic mass is 32.1. The maximum atomic E-state index is 12.5. The summed E-state index contributed by atoms with van der Waals surface area (Å²) in [5, 5.41) is 0.711. The smallest absolute Gasteiger partial charge is 0.0929 e. The van der Waals surface area contributed by atoms with Crippen molar-refractivity contribution in [1.82, 2.24) is 5.12 Å². The van der Waals surface area contributed by atoms with E-state index in [4.69, 9.17) is 5.73 Å². The molecule has 2 N–H and O–H groups in total. The molecule has 0 bridgehead atoms. The first-order valence-corrected chi connectivity index (χ1v) is 3.34. The summed E-state index contributed by atoms with van der Waals surface area (Å²) in [7, 11) is 0. The van der Waals surface area contributed by atoms with Gasteiger partial charge in [0, 0.05) is 6.54 Å². The SMILES string of the molecule is NC(=S)C1CCCN1F. The molecule has 1 aliphatic heterocycles. The zero-order chi connectivity index (χ0) is 6.85. The summed E-state index contributed by atoms with van der Waals surface area (Å²) in [5.74, 6) is 0. The van der Waals surface area contributed by atoms with Crippen molar-refractivity contribution in [3.63, 3.8) is 0 Å². The van der Waals surface area contributed by atoms with E-state index in [1.165, 1.54) is 0 Å². The maximum Gasteiger partial charge on any atom is 0.0929 e. The van der Waals surface area contributed by atoms with Crippen LogP contribution in [0.4, 0.5) is 4.48 Å². The lowest BCUT2D eigenvalue weighted by Gasteiger charge is -2.11. The van der Waals surface area contributed by atoms with Crippen LogP contribution < -0.4 is 5.73 Å². The van der Waals surface area contributed by atoms with E-state index in [9.17, 15) is 4.48 Å². The standard InChI is InChI=1S/C5H9FN2S/c6-8-3-1-2-4(8)5(7)9/h4H,1-3H2,(H2,7,9). The number of nitrogens with two attached hydrogens (primary N) is 1. The topological polar surface area (TPSA) is 29.3 Å². The highest BCUT2D eigenvalue weighted by Crippen LogP contribution is 2.16. The predicted molar refractivity (Wildman–Crippen MR) is 37.6 cm³/mol. The van der Waals surface area contributed by atoms with E-state index in [1.807, 2.05) is 0 Å². The van der Waals surface area contributed by atoms with Crippen LogP contribution in [0.3, 0.4) is 0 Å². The first-order chi connectivity index (χ1) is 4.22. The van der Waals surface area contributed by atoms with E-state index in [-0.39, 0.29) is 11.0 Å². The Kier molecular flexibility index (Phi) is 1.97. The van der Waals surface area contributed by atoms with Gasteiger partial charge in [0.1, 0.15) is 0 Å². The van der Waals surface area contributed by atoms with Gasteiger partial charge in [-0.05, 0) is 12.8 Å². The minimum Gasteiger partial charge on any atom is -0.392 e. The zero-order valence-electron chi connectivity index (χ0n) is 5.01. The van der Waals surface area contributed by atoms with Gasteiger partial charge in [0.2, 0.25) is 0 Å². The molecule has 0 amide bonds. The van der Waals surface area contributed by atoms with Crippen LogP contribution in [0.2, 0.25) is 0 Å². The summed E-state index contributed by atoms with van der Waals surface area (Å²) in [6.07, 6.45) is 1.63. The highest BCUT2D eigenvalue weighted by Gasteiger charge is 2.26. The summed E-state index contributed by atoms with van der Waals surface area (Å²) in [4.78, 5) is 0.273. The molecule has 0 aromatic heterocycles.